The van der Waals surface area contributed by atoms with Crippen molar-refractivity contribution in [2.45, 2.75) is 38.6 Å². The van der Waals surface area contributed by atoms with Crippen LogP contribution >= 0.6 is 0 Å². The molecule has 114 valence electrons. The Morgan fingerprint density at radius 3 is 2.55 bits per heavy atom. The Labute approximate surface area is 120 Å². The van der Waals surface area contributed by atoms with Crippen LogP contribution in [-0.2, 0) is 4.79 Å². The fourth-order valence-electron chi connectivity index (χ4n) is 3.16. The summed E-state index contributed by atoms with van der Waals surface area (Å²) < 4.78 is 0. The van der Waals surface area contributed by atoms with Crippen LogP contribution in [0.5, 0.6) is 0 Å². The molecule has 0 aromatic heterocycles. The van der Waals surface area contributed by atoms with Crippen molar-refractivity contribution in [1.82, 2.24) is 15.1 Å². The van der Waals surface area contributed by atoms with Crippen LogP contribution in [0.4, 0.5) is 4.79 Å². The molecule has 6 nitrogen and oxygen atoms in total. The maximum Gasteiger partial charge on any atom is 0.326 e. The van der Waals surface area contributed by atoms with Crippen molar-refractivity contribution in [2.24, 2.45) is 5.92 Å². The smallest absolute Gasteiger partial charge is 0.326 e. The predicted molar refractivity (Wildman–Crippen MR) is 75.6 cm³/mol. The van der Waals surface area contributed by atoms with Crippen molar-refractivity contribution in [1.29, 1.82) is 0 Å². The monoisotopic (exact) mass is 283 g/mol. The second kappa shape index (κ2) is 6.92. The molecule has 6 heteroatoms. The molecule has 0 spiro atoms. The van der Waals surface area contributed by atoms with Crippen molar-refractivity contribution < 1.29 is 14.7 Å². The van der Waals surface area contributed by atoms with Gasteiger partial charge in [-0.25, -0.2) is 9.59 Å². The van der Waals surface area contributed by atoms with Gasteiger partial charge in [0.25, 0.3) is 0 Å². The lowest BCUT2D eigenvalue weighted by Crippen LogP contribution is -2.49. The summed E-state index contributed by atoms with van der Waals surface area (Å²) in [6.45, 7) is 6.08. The number of hydrogen-bond acceptors (Lipinski definition) is 3. The molecular formula is C14H25N3O3. The van der Waals surface area contributed by atoms with Crippen molar-refractivity contribution >= 4 is 12.0 Å². The molecule has 2 rings (SSSR count). The summed E-state index contributed by atoms with van der Waals surface area (Å²) in [6, 6.07) is -0.913. The van der Waals surface area contributed by atoms with E-state index in [9.17, 15) is 14.7 Å². The summed E-state index contributed by atoms with van der Waals surface area (Å²) in [5.74, 6) is -0.874. The van der Waals surface area contributed by atoms with Crippen LogP contribution < -0.4 is 5.32 Å². The van der Waals surface area contributed by atoms with Gasteiger partial charge in [0.05, 0.1) is 0 Å². The first-order valence-corrected chi connectivity index (χ1v) is 7.59. The largest absolute Gasteiger partial charge is 0.480 e. The van der Waals surface area contributed by atoms with E-state index < -0.39 is 12.0 Å². The molecule has 2 atom stereocenters. The van der Waals surface area contributed by atoms with E-state index in [4.69, 9.17) is 0 Å². The number of carboxylic acid groups (broad SMARTS) is 1. The molecule has 0 radical (unpaired) electrons. The van der Waals surface area contributed by atoms with E-state index in [1.165, 1.54) is 24.2 Å². The average molecular weight is 283 g/mol. The molecular weight excluding hydrogens is 258 g/mol. The third kappa shape index (κ3) is 3.62. The lowest BCUT2D eigenvalue weighted by molar-refractivity contribution is -0.142. The maximum absolute atomic E-state index is 12.1. The van der Waals surface area contributed by atoms with Gasteiger partial charge in [0.1, 0.15) is 6.04 Å². The Morgan fingerprint density at radius 1 is 1.20 bits per heavy atom. The summed E-state index contributed by atoms with van der Waals surface area (Å²) in [7, 11) is 0. The molecule has 20 heavy (non-hydrogen) atoms. The summed E-state index contributed by atoms with van der Waals surface area (Å²) in [5.41, 5.74) is 0. The van der Waals surface area contributed by atoms with Crippen molar-refractivity contribution in [3.8, 4) is 0 Å². The van der Waals surface area contributed by atoms with Gasteiger partial charge in [-0.2, -0.15) is 0 Å². The Balaban J connectivity index is 1.75. The molecule has 0 bridgehead atoms. The first-order valence-electron chi connectivity index (χ1n) is 7.59. The van der Waals surface area contributed by atoms with Gasteiger partial charge in [0.2, 0.25) is 0 Å². The molecule has 2 heterocycles. The van der Waals surface area contributed by atoms with Crippen LogP contribution in [0.2, 0.25) is 0 Å². The lowest BCUT2D eigenvalue weighted by atomic mass is 10.0. The number of carbonyl (C=O) groups excluding carboxylic acids is 1. The van der Waals surface area contributed by atoms with Crippen LogP contribution in [0, 0.1) is 5.92 Å². The highest BCUT2D eigenvalue weighted by atomic mass is 16.4. The number of piperidine rings is 1. The van der Waals surface area contributed by atoms with Crippen LogP contribution in [0.3, 0.4) is 0 Å². The Bertz CT molecular complexity index is 356. The van der Waals surface area contributed by atoms with Gasteiger partial charge in [0.15, 0.2) is 0 Å². The van der Waals surface area contributed by atoms with Gasteiger partial charge in [-0.05, 0) is 38.3 Å². The van der Waals surface area contributed by atoms with Crippen LogP contribution in [-0.4, -0.2) is 65.7 Å². The first-order chi connectivity index (χ1) is 9.59. The second-order valence-electron chi connectivity index (χ2n) is 5.88. The highest BCUT2D eigenvalue weighted by molar-refractivity contribution is 5.83. The van der Waals surface area contributed by atoms with E-state index in [2.05, 4.69) is 10.2 Å². The normalized spacial score (nSPS) is 27.6. The third-order valence-corrected chi connectivity index (χ3v) is 4.37. The number of amides is 2. The van der Waals surface area contributed by atoms with Crippen LogP contribution in [0.15, 0.2) is 0 Å². The summed E-state index contributed by atoms with van der Waals surface area (Å²) in [6.07, 6.45) is 4.53. The number of carboxylic acids is 1. The minimum Gasteiger partial charge on any atom is -0.480 e. The minimum atomic E-state index is -0.902. The van der Waals surface area contributed by atoms with Gasteiger partial charge >= 0.3 is 12.0 Å². The molecule has 2 fully saturated rings. The van der Waals surface area contributed by atoms with E-state index in [1.54, 1.807) is 0 Å². The average Bonchev–Trinajstić information content (AvgIpc) is 2.82. The molecule has 2 amide bonds. The van der Waals surface area contributed by atoms with Crippen LogP contribution in [0.1, 0.15) is 32.6 Å². The number of likely N-dealkylation sites (tertiary alicyclic amines) is 2. The highest BCUT2D eigenvalue weighted by Crippen LogP contribution is 2.23. The van der Waals surface area contributed by atoms with E-state index in [1.807, 2.05) is 6.92 Å². The molecule has 2 saturated heterocycles. The SMILES string of the molecule is CC1CCN(C(=O)NCCN2CCCCC2)C1C(=O)O. The number of urea groups is 1. The zero-order valence-electron chi connectivity index (χ0n) is 12.2. The van der Waals surface area contributed by atoms with Crippen LogP contribution in [0.25, 0.3) is 0 Å². The lowest BCUT2D eigenvalue weighted by Gasteiger charge is -2.27. The number of nitrogens with zero attached hydrogens (tertiary/aromatic N) is 2. The molecule has 2 aliphatic rings. The maximum atomic E-state index is 12.1. The summed E-state index contributed by atoms with van der Waals surface area (Å²) >= 11 is 0. The Hall–Kier alpha value is -1.30. The van der Waals surface area contributed by atoms with E-state index in [0.717, 1.165) is 26.1 Å². The summed E-state index contributed by atoms with van der Waals surface area (Å²) in [4.78, 5) is 27.1. The third-order valence-electron chi connectivity index (χ3n) is 4.37. The fourth-order valence-corrected chi connectivity index (χ4v) is 3.16. The van der Waals surface area contributed by atoms with Gasteiger partial charge < -0.3 is 20.2 Å². The Morgan fingerprint density at radius 2 is 1.90 bits per heavy atom. The molecule has 2 aliphatic heterocycles. The quantitative estimate of drug-likeness (QED) is 0.806. The standard InChI is InChI=1S/C14H25N3O3/c1-11-5-9-17(12(11)13(18)19)14(20)15-6-10-16-7-3-2-4-8-16/h11-12H,2-10H2,1H3,(H,15,20)(H,18,19). The molecule has 2 N–H and O–H groups in total. The van der Waals surface area contributed by atoms with Gasteiger partial charge in [-0.15, -0.1) is 0 Å². The van der Waals surface area contributed by atoms with Crippen molar-refractivity contribution in [3.05, 3.63) is 0 Å². The zero-order valence-corrected chi connectivity index (χ0v) is 12.2. The van der Waals surface area contributed by atoms with Gasteiger partial charge in [-0.3, -0.25) is 0 Å². The number of aliphatic carboxylic acids is 1. The molecule has 0 aromatic rings. The highest BCUT2D eigenvalue weighted by Gasteiger charge is 2.39. The van der Waals surface area contributed by atoms with E-state index in [0.29, 0.717) is 13.1 Å². The topological polar surface area (TPSA) is 72.9 Å². The van der Waals surface area contributed by atoms with Gasteiger partial charge in [0, 0.05) is 19.6 Å². The minimum absolute atomic E-state index is 0.0281. The molecule has 0 aliphatic carbocycles. The number of nitrogens with one attached hydrogen (secondary N) is 1. The zero-order chi connectivity index (χ0) is 14.5. The number of rotatable bonds is 4. The number of carbonyl (C=O) groups is 2. The van der Waals surface area contributed by atoms with Gasteiger partial charge in [-0.1, -0.05) is 13.3 Å². The molecule has 2 unspecified atom stereocenters. The summed E-state index contributed by atoms with van der Waals surface area (Å²) in [5, 5.41) is 12.1. The predicted octanol–water partition coefficient (Wildman–Crippen LogP) is 0.977. The van der Waals surface area contributed by atoms with Crippen molar-refractivity contribution in [2.75, 3.05) is 32.7 Å². The molecule has 0 saturated carbocycles. The van der Waals surface area contributed by atoms with E-state index >= 15 is 0 Å². The van der Waals surface area contributed by atoms with Crippen molar-refractivity contribution in [3.63, 3.8) is 0 Å². The Kier molecular flexibility index (Phi) is 5.23. The first kappa shape index (κ1) is 15.1. The molecule has 0 aromatic carbocycles. The fraction of sp³-hybridized carbons (Fsp3) is 0.857. The number of hydrogen-bond donors (Lipinski definition) is 2. The van der Waals surface area contributed by atoms with E-state index in [-0.39, 0.29) is 11.9 Å². The second-order valence-corrected chi connectivity index (χ2v) is 5.88.